The van der Waals surface area contributed by atoms with Gasteiger partial charge in [-0.05, 0) is 24.8 Å². The Balaban J connectivity index is 1.80. The van der Waals surface area contributed by atoms with Gasteiger partial charge in [-0.15, -0.1) is 0 Å². The van der Waals surface area contributed by atoms with E-state index in [0.29, 0.717) is 6.54 Å². The van der Waals surface area contributed by atoms with E-state index in [4.69, 9.17) is 0 Å². The Hall–Kier alpha value is -1.84. The summed E-state index contributed by atoms with van der Waals surface area (Å²) in [6, 6.07) is 9.35. The summed E-state index contributed by atoms with van der Waals surface area (Å²) >= 11 is 0. The number of hydrogen-bond donors (Lipinski definition) is 0. The fraction of sp³-hybridized carbons (Fsp3) is 0.429. The molecule has 0 spiro atoms. The Kier molecular flexibility index (Phi) is 2.78. The first-order valence-electron chi connectivity index (χ1n) is 6.43. The number of nitrogens with zero attached hydrogens (tertiary/aromatic N) is 2. The molecule has 3 rings (SSSR count). The summed E-state index contributed by atoms with van der Waals surface area (Å²) in [6.45, 7) is 1.12. The third kappa shape index (κ3) is 1.78. The third-order valence-corrected chi connectivity index (χ3v) is 3.71. The largest absolute Gasteiger partial charge is 0.327 e. The number of rotatable bonds is 2. The number of piperidine rings is 1. The number of urea groups is 1. The lowest BCUT2D eigenvalue weighted by atomic mass is 10.0. The fourth-order valence-electron chi connectivity index (χ4n) is 2.76. The zero-order chi connectivity index (χ0) is 12.5. The summed E-state index contributed by atoms with van der Waals surface area (Å²) in [6.07, 6.45) is 2.87. The van der Waals surface area contributed by atoms with Crippen LogP contribution >= 0.6 is 0 Å². The van der Waals surface area contributed by atoms with Crippen molar-refractivity contribution in [2.45, 2.75) is 31.8 Å². The number of hydrogen-bond acceptors (Lipinski definition) is 2. The van der Waals surface area contributed by atoms with Crippen molar-refractivity contribution >= 4 is 11.9 Å². The average molecular weight is 244 g/mol. The SMILES string of the molecule is O=C1C2CCCCN2C(=O)N1Cc1ccccc1. The van der Waals surface area contributed by atoms with E-state index in [0.717, 1.165) is 31.4 Å². The van der Waals surface area contributed by atoms with Gasteiger partial charge in [0.15, 0.2) is 0 Å². The minimum Gasteiger partial charge on any atom is -0.312 e. The van der Waals surface area contributed by atoms with Crippen LogP contribution in [0.5, 0.6) is 0 Å². The van der Waals surface area contributed by atoms with Crippen molar-refractivity contribution in [1.82, 2.24) is 9.80 Å². The average Bonchev–Trinajstić information content (AvgIpc) is 2.66. The molecule has 1 aromatic carbocycles. The van der Waals surface area contributed by atoms with E-state index >= 15 is 0 Å². The van der Waals surface area contributed by atoms with Gasteiger partial charge in [0, 0.05) is 6.54 Å². The number of carbonyl (C=O) groups is 2. The summed E-state index contributed by atoms with van der Waals surface area (Å²) in [5.41, 5.74) is 0.999. The Morgan fingerprint density at radius 2 is 1.89 bits per heavy atom. The number of fused-ring (bicyclic) bond motifs is 1. The minimum absolute atomic E-state index is 0.0245. The van der Waals surface area contributed by atoms with Crippen LogP contribution in [0.4, 0.5) is 4.79 Å². The zero-order valence-electron chi connectivity index (χ0n) is 10.2. The topological polar surface area (TPSA) is 40.6 Å². The van der Waals surface area contributed by atoms with Crippen LogP contribution in [-0.4, -0.2) is 34.3 Å². The van der Waals surface area contributed by atoms with Gasteiger partial charge in [-0.2, -0.15) is 0 Å². The van der Waals surface area contributed by atoms with E-state index < -0.39 is 0 Å². The van der Waals surface area contributed by atoms with Gasteiger partial charge >= 0.3 is 6.03 Å². The molecular formula is C14H16N2O2. The highest BCUT2D eigenvalue weighted by Crippen LogP contribution is 2.27. The molecule has 2 aliphatic heterocycles. The fourth-order valence-corrected chi connectivity index (χ4v) is 2.76. The van der Waals surface area contributed by atoms with E-state index in [1.165, 1.54) is 4.90 Å². The molecule has 0 aliphatic carbocycles. The smallest absolute Gasteiger partial charge is 0.312 e. The predicted molar refractivity (Wildman–Crippen MR) is 66.7 cm³/mol. The summed E-state index contributed by atoms with van der Waals surface area (Å²) in [5, 5.41) is 0. The first-order chi connectivity index (χ1) is 8.77. The van der Waals surface area contributed by atoms with Gasteiger partial charge in [-0.3, -0.25) is 9.69 Å². The van der Waals surface area contributed by atoms with Crippen LogP contribution in [0.1, 0.15) is 24.8 Å². The lowest BCUT2D eigenvalue weighted by molar-refractivity contribution is -0.129. The van der Waals surface area contributed by atoms with Gasteiger partial charge < -0.3 is 4.90 Å². The van der Waals surface area contributed by atoms with Crippen molar-refractivity contribution in [2.24, 2.45) is 0 Å². The van der Waals surface area contributed by atoms with Crippen molar-refractivity contribution in [3.8, 4) is 0 Å². The molecule has 4 nitrogen and oxygen atoms in total. The normalized spacial score (nSPS) is 23.4. The summed E-state index contributed by atoms with van der Waals surface area (Å²) < 4.78 is 0. The molecule has 94 valence electrons. The van der Waals surface area contributed by atoms with Crippen molar-refractivity contribution in [1.29, 1.82) is 0 Å². The number of carbonyl (C=O) groups excluding carboxylic acids is 2. The molecule has 2 aliphatic rings. The molecule has 0 bridgehead atoms. The van der Waals surface area contributed by atoms with E-state index in [-0.39, 0.29) is 18.0 Å². The van der Waals surface area contributed by atoms with Crippen molar-refractivity contribution < 1.29 is 9.59 Å². The minimum atomic E-state index is -0.199. The van der Waals surface area contributed by atoms with Gasteiger partial charge in [0.1, 0.15) is 6.04 Å². The molecule has 0 radical (unpaired) electrons. The van der Waals surface area contributed by atoms with Gasteiger partial charge in [-0.25, -0.2) is 4.79 Å². The van der Waals surface area contributed by atoms with E-state index in [2.05, 4.69) is 0 Å². The van der Waals surface area contributed by atoms with Crippen LogP contribution in [0, 0.1) is 0 Å². The molecule has 1 unspecified atom stereocenters. The van der Waals surface area contributed by atoms with Crippen molar-refractivity contribution in [2.75, 3.05) is 6.54 Å². The molecule has 3 amide bonds. The quantitative estimate of drug-likeness (QED) is 0.747. The van der Waals surface area contributed by atoms with Crippen LogP contribution in [0.15, 0.2) is 30.3 Å². The maximum atomic E-state index is 12.2. The van der Waals surface area contributed by atoms with Crippen molar-refractivity contribution in [3.05, 3.63) is 35.9 Å². The predicted octanol–water partition coefficient (Wildman–Crippen LogP) is 2.00. The Morgan fingerprint density at radius 3 is 2.61 bits per heavy atom. The molecule has 1 aromatic rings. The second-order valence-corrected chi connectivity index (χ2v) is 4.90. The Bertz CT molecular complexity index is 448. The molecule has 4 heteroatoms. The maximum Gasteiger partial charge on any atom is 0.327 e. The highest BCUT2D eigenvalue weighted by Gasteiger charge is 2.45. The molecule has 0 aromatic heterocycles. The lowest BCUT2D eigenvalue weighted by Crippen LogP contribution is -2.38. The van der Waals surface area contributed by atoms with Crippen LogP contribution in [0.25, 0.3) is 0 Å². The second kappa shape index (κ2) is 4.44. The van der Waals surface area contributed by atoms with Gasteiger partial charge in [0.2, 0.25) is 0 Å². The second-order valence-electron chi connectivity index (χ2n) is 4.90. The number of amides is 3. The van der Waals surface area contributed by atoms with E-state index in [1.807, 2.05) is 30.3 Å². The molecule has 0 saturated carbocycles. The molecule has 0 N–H and O–H groups in total. The van der Waals surface area contributed by atoms with Gasteiger partial charge in [0.05, 0.1) is 6.54 Å². The van der Waals surface area contributed by atoms with Gasteiger partial charge in [-0.1, -0.05) is 30.3 Å². The lowest BCUT2D eigenvalue weighted by Gasteiger charge is -2.26. The van der Waals surface area contributed by atoms with Gasteiger partial charge in [0.25, 0.3) is 5.91 Å². The summed E-state index contributed by atoms with van der Waals surface area (Å²) in [7, 11) is 0. The molecular weight excluding hydrogens is 228 g/mol. The molecule has 1 atom stereocenters. The Labute approximate surface area is 106 Å². The number of benzene rings is 1. The number of imide groups is 1. The van der Waals surface area contributed by atoms with Crippen LogP contribution in [-0.2, 0) is 11.3 Å². The highest BCUT2D eigenvalue weighted by molar-refractivity contribution is 6.04. The van der Waals surface area contributed by atoms with E-state index in [9.17, 15) is 9.59 Å². The first kappa shape index (κ1) is 11.3. The highest BCUT2D eigenvalue weighted by atomic mass is 16.2. The molecule has 2 fully saturated rings. The van der Waals surface area contributed by atoms with Crippen LogP contribution < -0.4 is 0 Å². The Morgan fingerprint density at radius 1 is 1.11 bits per heavy atom. The van der Waals surface area contributed by atoms with Crippen molar-refractivity contribution in [3.63, 3.8) is 0 Å². The summed E-state index contributed by atoms with van der Waals surface area (Å²) in [5.74, 6) is -0.0245. The van der Waals surface area contributed by atoms with Crippen LogP contribution in [0.3, 0.4) is 0 Å². The monoisotopic (exact) mass is 244 g/mol. The van der Waals surface area contributed by atoms with Crippen LogP contribution in [0.2, 0.25) is 0 Å². The maximum absolute atomic E-state index is 12.2. The molecule has 18 heavy (non-hydrogen) atoms. The standard InChI is InChI=1S/C14H16N2O2/c17-13-12-8-4-5-9-15(12)14(18)16(13)10-11-6-2-1-3-7-11/h1-3,6-7,12H,4-5,8-10H2. The summed E-state index contributed by atoms with van der Waals surface area (Å²) in [4.78, 5) is 27.5. The third-order valence-electron chi connectivity index (χ3n) is 3.71. The molecule has 2 saturated heterocycles. The molecule has 2 heterocycles. The van der Waals surface area contributed by atoms with E-state index in [1.54, 1.807) is 4.90 Å². The zero-order valence-corrected chi connectivity index (χ0v) is 10.2. The first-order valence-corrected chi connectivity index (χ1v) is 6.43.